The fourth-order valence-corrected chi connectivity index (χ4v) is 5.57. The molecule has 4 heterocycles. The van der Waals surface area contributed by atoms with Gasteiger partial charge in [0.2, 0.25) is 0 Å². The van der Waals surface area contributed by atoms with Crippen molar-refractivity contribution in [3.05, 3.63) is 52.8 Å². The summed E-state index contributed by atoms with van der Waals surface area (Å²) in [4.78, 5) is 31.8. The van der Waals surface area contributed by atoms with E-state index in [0.29, 0.717) is 36.9 Å². The number of rotatable bonds is 9. The van der Waals surface area contributed by atoms with E-state index in [4.69, 9.17) is 19.2 Å². The Balaban J connectivity index is 1.28. The lowest BCUT2D eigenvalue weighted by Crippen LogP contribution is -2.41. The van der Waals surface area contributed by atoms with Gasteiger partial charge in [-0.3, -0.25) is 4.79 Å². The molecule has 2 aliphatic heterocycles. The number of ether oxygens (including phenoxy) is 3. The van der Waals surface area contributed by atoms with Crippen LogP contribution in [0.4, 0.5) is 5.69 Å². The second-order valence-electron chi connectivity index (χ2n) is 10.4. The second-order valence-corrected chi connectivity index (χ2v) is 10.4. The molecule has 0 spiro atoms. The lowest BCUT2D eigenvalue weighted by molar-refractivity contribution is -0.000495. The quantitative estimate of drug-likeness (QED) is 0.396. The minimum Gasteiger partial charge on any atom is -0.465 e. The Morgan fingerprint density at radius 2 is 1.85 bits per heavy atom. The SMILES string of the molecule is CCc1nc2c(cnn2CC)c(NC2CCOCC2)c1COC1CCN(C(=O)c2cccc(C(=O)OC)c2)CC1. The number of hydrogen-bond donors (Lipinski definition) is 1. The molecule has 40 heavy (non-hydrogen) atoms. The van der Waals surface area contributed by atoms with Gasteiger partial charge in [0.25, 0.3) is 5.91 Å². The number of anilines is 1. The number of hydrogen-bond acceptors (Lipinski definition) is 8. The molecule has 2 fully saturated rings. The van der Waals surface area contributed by atoms with E-state index in [9.17, 15) is 9.59 Å². The number of carbonyl (C=O) groups excluding carboxylic acids is 2. The Labute approximate surface area is 235 Å². The van der Waals surface area contributed by atoms with Crippen molar-refractivity contribution in [2.75, 3.05) is 38.7 Å². The lowest BCUT2D eigenvalue weighted by atomic mass is 10.0. The van der Waals surface area contributed by atoms with Gasteiger partial charge in [-0.1, -0.05) is 13.0 Å². The Kier molecular flexibility index (Phi) is 8.96. The first-order valence-corrected chi connectivity index (χ1v) is 14.3. The zero-order chi connectivity index (χ0) is 28.1. The predicted molar refractivity (Wildman–Crippen MR) is 152 cm³/mol. The Hall–Kier alpha value is -3.50. The molecule has 0 bridgehead atoms. The van der Waals surface area contributed by atoms with E-state index in [-0.39, 0.29) is 12.0 Å². The van der Waals surface area contributed by atoms with Crippen LogP contribution in [0.1, 0.15) is 71.5 Å². The van der Waals surface area contributed by atoms with E-state index in [1.54, 1.807) is 24.3 Å². The number of aromatic nitrogens is 3. The number of benzene rings is 1. The van der Waals surface area contributed by atoms with Crippen molar-refractivity contribution in [3.63, 3.8) is 0 Å². The summed E-state index contributed by atoms with van der Waals surface area (Å²) in [5.74, 6) is -0.531. The summed E-state index contributed by atoms with van der Waals surface area (Å²) < 4.78 is 18.8. The number of aryl methyl sites for hydroxylation is 2. The molecule has 2 aromatic heterocycles. The number of nitrogens with zero attached hydrogens (tertiary/aromatic N) is 4. The smallest absolute Gasteiger partial charge is 0.337 e. The average Bonchev–Trinajstić information content (AvgIpc) is 3.43. The van der Waals surface area contributed by atoms with E-state index in [0.717, 1.165) is 79.8 Å². The summed E-state index contributed by atoms with van der Waals surface area (Å²) in [6, 6.07) is 7.03. The first-order valence-electron chi connectivity index (χ1n) is 14.3. The monoisotopic (exact) mass is 549 g/mol. The van der Waals surface area contributed by atoms with Gasteiger partial charge >= 0.3 is 5.97 Å². The molecule has 0 unspecified atom stereocenters. The number of pyridine rings is 1. The molecule has 0 aliphatic carbocycles. The minimum atomic E-state index is -0.450. The zero-order valence-corrected chi connectivity index (χ0v) is 23.6. The first-order chi connectivity index (χ1) is 19.5. The van der Waals surface area contributed by atoms with Crippen LogP contribution in [0.15, 0.2) is 30.5 Å². The molecule has 1 N–H and O–H groups in total. The van der Waals surface area contributed by atoms with Gasteiger partial charge in [-0.05, 0) is 57.2 Å². The third kappa shape index (κ3) is 5.97. The highest BCUT2D eigenvalue weighted by Crippen LogP contribution is 2.32. The van der Waals surface area contributed by atoms with Gasteiger partial charge in [-0.2, -0.15) is 5.10 Å². The van der Waals surface area contributed by atoms with Gasteiger partial charge in [0.05, 0.1) is 48.3 Å². The van der Waals surface area contributed by atoms with Crippen LogP contribution in [0.5, 0.6) is 0 Å². The number of nitrogens with one attached hydrogen (secondary N) is 1. The van der Waals surface area contributed by atoms with Crippen LogP contribution >= 0.6 is 0 Å². The zero-order valence-electron chi connectivity index (χ0n) is 23.6. The van der Waals surface area contributed by atoms with Gasteiger partial charge in [0, 0.05) is 50.0 Å². The predicted octanol–water partition coefficient (Wildman–Crippen LogP) is 4.21. The molecule has 0 atom stereocenters. The number of amides is 1. The first kappa shape index (κ1) is 28.0. The molecule has 1 amide bonds. The molecule has 10 nitrogen and oxygen atoms in total. The number of fused-ring (bicyclic) bond motifs is 1. The van der Waals surface area contributed by atoms with E-state index >= 15 is 0 Å². The highest BCUT2D eigenvalue weighted by atomic mass is 16.5. The fraction of sp³-hybridized carbons (Fsp3) is 0.533. The summed E-state index contributed by atoms with van der Waals surface area (Å²) in [5, 5.41) is 9.43. The number of esters is 1. The van der Waals surface area contributed by atoms with Crippen molar-refractivity contribution in [2.24, 2.45) is 0 Å². The summed E-state index contributed by atoms with van der Waals surface area (Å²) in [6.45, 7) is 8.14. The minimum absolute atomic E-state index is 0.0418. The van der Waals surface area contributed by atoms with Crippen molar-refractivity contribution in [2.45, 2.75) is 71.2 Å². The Bertz CT molecular complexity index is 1340. The molecule has 10 heteroatoms. The van der Waals surface area contributed by atoms with Gasteiger partial charge in [-0.25, -0.2) is 14.5 Å². The van der Waals surface area contributed by atoms with Crippen LogP contribution in [0.25, 0.3) is 11.0 Å². The molecule has 1 aromatic carbocycles. The van der Waals surface area contributed by atoms with Crippen LogP contribution in [0.2, 0.25) is 0 Å². The summed E-state index contributed by atoms with van der Waals surface area (Å²) in [6.07, 6.45) is 6.16. The topological polar surface area (TPSA) is 108 Å². The molecule has 0 radical (unpaired) electrons. The standard InChI is InChI=1S/C30H39N5O5/c1-4-26-25(27(32-22-11-15-39-16-12-22)24-18-31-35(5-2)28(24)33-26)19-40-23-9-13-34(14-10-23)29(36)20-7-6-8-21(17-20)30(37)38-3/h6-8,17-18,22-23H,4-5,9-16,19H2,1-3H3,(H,32,33). The van der Waals surface area contributed by atoms with E-state index in [1.165, 1.54) is 7.11 Å². The molecular weight excluding hydrogens is 510 g/mol. The van der Waals surface area contributed by atoms with Gasteiger partial charge < -0.3 is 24.4 Å². The molecule has 3 aromatic rings. The van der Waals surface area contributed by atoms with Crippen LogP contribution in [0, 0.1) is 0 Å². The van der Waals surface area contributed by atoms with Crippen LogP contribution < -0.4 is 5.32 Å². The van der Waals surface area contributed by atoms with E-state index in [2.05, 4.69) is 24.3 Å². The summed E-state index contributed by atoms with van der Waals surface area (Å²) >= 11 is 0. The number of likely N-dealkylation sites (tertiary alicyclic amines) is 1. The number of piperidine rings is 1. The van der Waals surface area contributed by atoms with Crippen molar-refractivity contribution in [3.8, 4) is 0 Å². The maximum atomic E-state index is 13.1. The van der Waals surface area contributed by atoms with Crippen molar-refractivity contribution in [1.29, 1.82) is 0 Å². The van der Waals surface area contributed by atoms with E-state index in [1.807, 2.05) is 15.8 Å². The average molecular weight is 550 g/mol. The van der Waals surface area contributed by atoms with Gasteiger partial charge in [0.1, 0.15) is 0 Å². The van der Waals surface area contributed by atoms with Gasteiger partial charge in [-0.15, -0.1) is 0 Å². The van der Waals surface area contributed by atoms with Gasteiger partial charge in [0.15, 0.2) is 5.65 Å². The summed E-state index contributed by atoms with van der Waals surface area (Å²) in [5.41, 5.74) is 4.96. The molecular formula is C30H39N5O5. The molecule has 2 aliphatic rings. The number of carbonyl (C=O) groups is 2. The maximum absolute atomic E-state index is 13.1. The molecule has 5 rings (SSSR count). The largest absolute Gasteiger partial charge is 0.465 e. The maximum Gasteiger partial charge on any atom is 0.337 e. The Morgan fingerprint density at radius 3 is 2.55 bits per heavy atom. The molecule has 0 saturated carbocycles. The third-order valence-electron chi connectivity index (χ3n) is 7.90. The second kappa shape index (κ2) is 12.8. The van der Waals surface area contributed by atoms with Crippen LogP contribution in [-0.2, 0) is 33.8 Å². The third-order valence-corrected chi connectivity index (χ3v) is 7.90. The fourth-order valence-electron chi connectivity index (χ4n) is 5.57. The number of methoxy groups -OCH3 is 1. The van der Waals surface area contributed by atoms with Crippen molar-refractivity contribution in [1.82, 2.24) is 19.7 Å². The van der Waals surface area contributed by atoms with E-state index < -0.39 is 5.97 Å². The van der Waals surface area contributed by atoms with Crippen molar-refractivity contribution >= 4 is 28.6 Å². The highest BCUT2D eigenvalue weighted by molar-refractivity contribution is 5.98. The Morgan fingerprint density at radius 1 is 1.10 bits per heavy atom. The van der Waals surface area contributed by atoms with Crippen LogP contribution in [-0.4, -0.2) is 77.1 Å². The normalized spacial score (nSPS) is 16.8. The van der Waals surface area contributed by atoms with Crippen LogP contribution in [0.3, 0.4) is 0 Å². The molecule has 2 saturated heterocycles. The molecule has 214 valence electrons. The highest BCUT2D eigenvalue weighted by Gasteiger charge is 2.27. The summed E-state index contributed by atoms with van der Waals surface area (Å²) in [7, 11) is 1.33. The van der Waals surface area contributed by atoms with Crippen molar-refractivity contribution < 1.29 is 23.8 Å². The lowest BCUT2D eigenvalue weighted by Gasteiger charge is -2.32.